The molecule has 0 spiro atoms. The Morgan fingerprint density at radius 1 is 0.970 bits per heavy atom. The van der Waals surface area contributed by atoms with E-state index in [0.29, 0.717) is 35.8 Å². The predicted octanol–water partition coefficient (Wildman–Crippen LogP) is 5.52. The van der Waals surface area contributed by atoms with E-state index in [2.05, 4.69) is 0 Å². The van der Waals surface area contributed by atoms with Crippen LogP contribution in [0.1, 0.15) is 41.1 Å². The number of aryl methyl sites for hydroxylation is 1. The van der Waals surface area contributed by atoms with Gasteiger partial charge in [-0.25, -0.2) is 9.37 Å². The monoisotopic (exact) mass is 441 g/mol. The average molecular weight is 442 g/mol. The summed E-state index contributed by atoms with van der Waals surface area (Å²) in [4.78, 5) is 9.53. The number of hydrogen-bond acceptors (Lipinski definition) is 4. The summed E-state index contributed by atoms with van der Waals surface area (Å²) < 4.78 is 21.9. The number of aromatic nitrogens is 2. The molecule has 0 amide bonds. The number of halogens is 1. The predicted molar refractivity (Wildman–Crippen MR) is 127 cm³/mol. The van der Waals surface area contributed by atoms with Gasteiger partial charge in [-0.05, 0) is 34.9 Å². The first-order valence-electron chi connectivity index (χ1n) is 11.0. The van der Waals surface area contributed by atoms with Crippen molar-refractivity contribution in [3.8, 4) is 5.88 Å². The van der Waals surface area contributed by atoms with Crippen LogP contribution in [0.15, 0.2) is 76.1 Å². The second-order valence-corrected chi connectivity index (χ2v) is 8.03. The maximum absolute atomic E-state index is 14.4. The molecule has 4 aromatic rings. The van der Waals surface area contributed by atoms with Crippen molar-refractivity contribution in [2.45, 2.75) is 26.2 Å². The van der Waals surface area contributed by atoms with Crippen LogP contribution in [0.3, 0.4) is 0 Å². The van der Waals surface area contributed by atoms with Crippen molar-refractivity contribution < 1.29 is 13.9 Å². The lowest BCUT2D eigenvalue weighted by atomic mass is 10.1. The number of aromatic hydroxyl groups is 1. The van der Waals surface area contributed by atoms with Crippen LogP contribution >= 0.6 is 0 Å². The molecule has 6 heteroatoms. The summed E-state index contributed by atoms with van der Waals surface area (Å²) in [5, 5.41) is 11.1. The molecule has 1 aliphatic heterocycles. The molecule has 0 unspecified atom stereocenters. The smallest absolute Gasteiger partial charge is 0.219 e. The van der Waals surface area contributed by atoms with Gasteiger partial charge in [0.15, 0.2) is 5.82 Å². The van der Waals surface area contributed by atoms with E-state index in [1.54, 1.807) is 22.8 Å². The average Bonchev–Trinajstić information content (AvgIpc) is 3.36. The molecule has 0 atom stereocenters. The molecule has 0 radical (unpaired) electrons. The van der Waals surface area contributed by atoms with Gasteiger partial charge < -0.3 is 9.52 Å². The van der Waals surface area contributed by atoms with Crippen molar-refractivity contribution in [1.29, 1.82) is 0 Å². The molecule has 3 heterocycles. The number of nitrogens with zero attached hydrogens (tertiary/aromatic N) is 3. The molecule has 2 aromatic carbocycles. The maximum atomic E-state index is 14.4. The van der Waals surface area contributed by atoms with Crippen molar-refractivity contribution in [2.75, 3.05) is 6.54 Å². The molecule has 0 fully saturated rings. The van der Waals surface area contributed by atoms with Crippen LogP contribution in [-0.4, -0.2) is 26.9 Å². The third-order valence-electron chi connectivity index (χ3n) is 5.81. The largest absolute Gasteiger partial charge is 0.493 e. The Morgan fingerprint density at radius 2 is 1.73 bits per heavy atom. The molecule has 0 saturated carbocycles. The van der Waals surface area contributed by atoms with E-state index in [-0.39, 0.29) is 18.1 Å². The van der Waals surface area contributed by atoms with Crippen molar-refractivity contribution >= 4 is 17.5 Å². The highest BCUT2D eigenvalue weighted by Crippen LogP contribution is 2.29. The number of furan rings is 1. The number of benzene rings is 2. The highest BCUT2D eigenvalue weighted by molar-refractivity contribution is 6.02. The Bertz CT molecular complexity index is 1350. The van der Waals surface area contributed by atoms with E-state index >= 15 is 0 Å². The zero-order valence-corrected chi connectivity index (χ0v) is 18.3. The van der Waals surface area contributed by atoms with Crippen LogP contribution in [0.25, 0.3) is 11.8 Å². The van der Waals surface area contributed by atoms with Gasteiger partial charge in [-0.1, -0.05) is 55.5 Å². The van der Waals surface area contributed by atoms with Crippen molar-refractivity contribution in [3.63, 3.8) is 0 Å². The molecule has 0 saturated heterocycles. The number of fused-ring (bicyclic) bond motifs is 1. The third-order valence-corrected chi connectivity index (χ3v) is 5.81. The van der Waals surface area contributed by atoms with E-state index in [9.17, 15) is 9.50 Å². The van der Waals surface area contributed by atoms with E-state index in [1.165, 1.54) is 6.07 Å². The topological polar surface area (TPSA) is 63.5 Å². The van der Waals surface area contributed by atoms with Crippen LogP contribution < -0.4 is 0 Å². The Labute approximate surface area is 191 Å². The van der Waals surface area contributed by atoms with Crippen molar-refractivity contribution in [3.05, 3.63) is 107 Å². The standard InChI is InChI=1S/C27H24FN3O2/c1-2-21-12-13-22(33-21)15-25-27(32)31-17-20(18-8-4-3-5-9-18)16-29-24(26(31)30-25)14-19-10-6-7-11-23(19)28/h3-13,17,32H,2,14-16H2,1H3. The van der Waals surface area contributed by atoms with Gasteiger partial charge in [0.2, 0.25) is 5.88 Å². The quantitative estimate of drug-likeness (QED) is 0.429. The lowest BCUT2D eigenvalue weighted by molar-refractivity contribution is 0.433. The summed E-state index contributed by atoms with van der Waals surface area (Å²) in [7, 11) is 0. The molecule has 1 N–H and O–H groups in total. The van der Waals surface area contributed by atoms with Gasteiger partial charge in [0.1, 0.15) is 23.0 Å². The van der Waals surface area contributed by atoms with Gasteiger partial charge >= 0.3 is 0 Å². The van der Waals surface area contributed by atoms with Gasteiger partial charge in [-0.15, -0.1) is 0 Å². The summed E-state index contributed by atoms with van der Waals surface area (Å²) >= 11 is 0. The highest BCUT2D eigenvalue weighted by Gasteiger charge is 2.24. The number of imidazole rings is 1. The SMILES string of the molecule is CCc1ccc(Cc2nc3n(c2O)C=C(c2ccccc2)CN=C3Cc2ccccc2F)o1. The molecule has 2 aromatic heterocycles. The zero-order chi connectivity index (χ0) is 22.8. The molecular weight excluding hydrogens is 417 g/mol. The van der Waals surface area contributed by atoms with Gasteiger partial charge in [0.25, 0.3) is 0 Å². The van der Waals surface area contributed by atoms with Crippen LogP contribution in [0, 0.1) is 5.82 Å². The van der Waals surface area contributed by atoms with Crippen LogP contribution in [0.4, 0.5) is 4.39 Å². The first-order chi connectivity index (χ1) is 16.1. The van der Waals surface area contributed by atoms with E-state index in [4.69, 9.17) is 14.4 Å². The fraction of sp³-hybridized carbons (Fsp3) is 0.185. The van der Waals surface area contributed by atoms with E-state index in [0.717, 1.165) is 29.1 Å². The highest BCUT2D eigenvalue weighted by atomic mass is 19.1. The molecule has 33 heavy (non-hydrogen) atoms. The summed E-state index contributed by atoms with van der Waals surface area (Å²) in [5.74, 6) is 1.88. The van der Waals surface area contributed by atoms with Crippen LogP contribution in [0.2, 0.25) is 0 Å². The van der Waals surface area contributed by atoms with E-state index in [1.807, 2.05) is 55.6 Å². The summed E-state index contributed by atoms with van der Waals surface area (Å²) in [6.07, 6.45) is 3.30. The second kappa shape index (κ2) is 8.90. The molecule has 0 bridgehead atoms. The first kappa shape index (κ1) is 20.9. The molecule has 0 aliphatic carbocycles. The fourth-order valence-corrected chi connectivity index (χ4v) is 4.01. The molecule has 5 nitrogen and oxygen atoms in total. The maximum Gasteiger partial charge on any atom is 0.219 e. The van der Waals surface area contributed by atoms with Crippen LogP contribution in [-0.2, 0) is 19.3 Å². The number of hydrogen-bond donors (Lipinski definition) is 1. The lowest BCUT2D eigenvalue weighted by Crippen LogP contribution is -2.12. The molecule has 1 aliphatic rings. The van der Waals surface area contributed by atoms with Gasteiger partial charge in [-0.2, -0.15) is 0 Å². The summed E-state index contributed by atoms with van der Waals surface area (Å²) in [5.41, 5.74) is 3.60. The Kier molecular flexibility index (Phi) is 5.65. The van der Waals surface area contributed by atoms with Crippen molar-refractivity contribution in [1.82, 2.24) is 9.55 Å². The van der Waals surface area contributed by atoms with Gasteiger partial charge in [0, 0.05) is 19.0 Å². The minimum atomic E-state index is -0.286. The minimum absolute atomic E-state index is 0.0380. The minimum Gasteiger partial charge on any atom is -0.493 e. The summed E-state index contributed by atoms with van der Waals surface area (Å²) in [6.45, 7) is 2.43. The molecular formula is C27H24FN3O2. The Hall–Kier alpha value is -3.93. The lowest BCUT2D eigenvalue weighted by Gasteiger charge is -2.06. The molecule has 5 rings (SSSR count). The van der Waals surface area contributed by atoms with Crippen LogP contribution in [0.5, 0.6) is 5.88 Å². The van der Waals surface area contributed by atoms with Crippen molar-refractivity contribution in [2.24, 2.45) is 4.99 Å². The van der Waals surface area contributed by atoms with Gasteiger partial charge in [-0.3, -0.25) is 9.56 Å². The summed E-state index contributed by atoms with van der Waals surface area (Å²) in [6, 6.07) is 20.4. The molecule has 166 valence electrons. The third kappa shape index (κ3) is 4.24. The Balaban J connectivity index is 1.58. The normalized spacial score (nSPS) is 13.3. The van der Waals surface area contributed by atoms with E-state index < -0.39 is 0 Å². The second-order valence-electron chi connectivity index (χ2n) is 8.03. The van der Waals surface area contributed by atoms with Gasteiger partial charge in [0.05, 0.1) is 18.7 Å². The first-order valence-corrected chi connectivity index (χ1v) is 11.0. The number of rotatable bonds is 6. The number of aliphatic imine (C=N–C) groups is 1. The Morgan fingerprint density at radius 3 is 2.48 bits per heavy atom. The zero-order valence-electron chi connectivity index (χ0n) is 18.3. The fourth-order valence-electron chi connectivity index (χ4n) is 4.01.